The Kier molecular flexibility index (Phi) is 4.46. The minimum absolute atomic E-state index is 0.00784. The Morgan fingerprint density at radius 1 is 1.12 bits per heavy atom. The highest BCUT2D eigenvalue weighted by atomic mass is 35.5. The first-order valence-electron chi connectivity index (χ1n) is 8.60. The minimum Gasteiger partial charge on any atom is -0.341 e. The molecule has 0 N–H and O–H groups in total. The fourth-order valence-corrected chi connectivity index (χ4v) is 3.35. The van der Waals surface area contributed by atoms with Crippen LogP contribution in [0.2, 0.25) is 5.02 Å². The van der Waals surface area contributed by atoms with E-state index in [1.165, 1.54) is 17.1 Å². The average Bonchev–Trinajstić information content (AvgIpc) is 3.10. The second-order valence-electron chi connectivity index (χ2n) is 6.39. The van der Waals surface area contributed by atoms with E-state index < -0.39 is 0 Å². The van der Waals surface area contributed by atoms with Crippen LogP contribution in [0.5, 0.6) is 0 Å². The van der Waals surface area contributed by atoms with Gasteiger partial charge in [0.05, 0.1) is 11.9 Å². The van der Waals surface area contributed by atoms with Gasteiger partial charge in [-0.2, -0.15) is 5.10 Å². The maximum absolute atomic E-state index is 12.7. The molecule has 0 aliphatic carbocycles. The van der Waals surface area contributed by atoms with E-state index in [0.29, 0.717) is 16.1 Å². The van der Waals surface area contributed by atoms with Gasteiger partial charge >= 0.3 is 0 Å². The van der Waals surface area contributed by atoms with Crippen molar-refractivity contribution in [3.8, 4) is 5.69 Å². The Morgan fingerprint density at radius 3 is 2.58 bits per heavy atom. The van der Waals surface area contributed by atoms with Gasteiger partial charge in [-0.05, 0) is 43.5 Å². The molecule has 0 unspecified atom stereocenters. The van der Waals surface area contributed by atoms with Crippen LogP contribution in [0, 0.1) is 0 Å². The van der Waals surface area contributed by atoms with Gasteiger partial charge in [-0.3, -0.25) is 14.2 Å². The number of likely N-dealkylation sites (tertiary alicyclic amines) is 1. The van der Waals surface area contributed by atoms with Crippen LogP contribution in [0.15, 0.2) is 41.6 Å². The van der Waals surface area contributed by atoms with E-state index in [4.69, 9.17) is 11.6 Å². The first-order valence-corrected chi connectivity index (χ1v) is 8.98. The van der Waals surface area contributed by atoms with Gasteiger partial charge in [-0.1, -0.05) is 11.6 Å². The first-order chi connectivity index (χ1) is 12.6. The standard InChI is InChI=1S/C18H18ClN5O2/c19-13-4-6-14(7-5-13)24-17-15(10-21-24)18(26)23(12-20-17)11-16(25)22-8-2-1-3-9-22/h4-7,10,12H,1-3,8-9,11H2. The highest BCUT2D eigenvalue weighted by molar-refractivity contribution is 6.30. The maximum Gasteiger partial charge on any atom is 0.264 e. The molecule has 0 spiro atoms. The van der Waals surface area contributed by atoms with Gasteiger partial charge in [-0.25, -0.2) is 9.67 Å². The number of benzene rings is 1. The maximum atomic E-state index is 12.7. The van der Waals surface area contributed by atoms with Crippen molar-refractivity contribution in [3.63, 3.8) is 0 Å². The summed E-state index contributed by atoms with van der Waals surface area (Å²) in [5, 5.41) is 5.27. The summed E-state index contributed by atoms with van der Waals surface area (Å²) >= 11 is 5.92. The summed E-state index contributed by atoms with van der Waals surface area (Å²) in [6, 6.07) is 7.12. The number of rotatable bonds is 3. The summed E-state index contributed by atoms with van der Waals surface area (Å²) in [6.45, 7) is 1.53. The lowest BCUT2D eigenvalue weighted by Gasteiger charge is -2.26. The van der Waals surface area contributed by atoms with Gasteiger partial charge in [0, 0.05) is 18.1 Å². The highest BCUT2D eigenvalue weighted by Gasteiger charge is 2.18. The van der Waals surface area contributed by atoms with E-state index in [2.05, 4.69) is 10.1 Å². The Hall–Kier alpha value is -2.67. The number of piperidine rings is 1. The van der Waals surface area contributed by atoms with Gasteiger partial charge in [0.1, 0.15) is 18.3 Å². The van der Waals surface area contributed by atoms with Gasteiger partial charge in [0.2, 0.25) is 5.91 Å². The lowest BCUT2D eigenvalue weighted by molar-refractivity contribution is -0.132. The van der Waals surface area contributed by atoms with E-state index in [-0.39, 0.29) is 18.0 Å². The molecule has 2 aromatic heterocycles. The number of hydrogen-bond acceptors (Lipinski definition) is 4. The van der Waals surface area contributed by atoms with Crippen LogP contribution in [0.4, 0.5) is 0 Å². The van der Waals surface area contributed by atoms with Crippen molar-refractivity contribution < 1.29 is 4.79 Å². The van der Waals surface area contributed by atoms with Gasteiger partial charge in [0.25, 0.3) is 5.56 Å². The third-order valence-corrected chi connectivity index (χ3v) is 4.89. The molecule has 3 heterocycles. The molecule has 1 aromatic carbocycles. The predicted octanol–water partition coefficient (Wildman–Crippen LogP) is 2.25. The van der Waals surface area contributed by atoms with Crippen molar-refractivity contribution in [2.75, 3.05) is 13.1 Å². The van der Waals surface area contributed by atoms with Crippen LogP contribution >= 0.6 is 11.6 Å². The van der Waals surface area contributed by atoms with E-state index >= 15 is 0 Å². The molecule has 1 fully saturated rings. The largest absolute Gasteiger partial charge is 0.341 e. The molecule has 134 valence electrons. The zero-order chi connectivity index (χ0) is 18.1. The first kappa shape index (κ1) is 16.8. The fraction of sp³-hybridized carbons (Fsp3) is 0.333. The molecule has 7 nitrogen and oxygen atoms in total. The number of carbonyl (C=O) groups is 1. The molecule has 0 radical (unpaired) electrons. The predicted molar refractivity (Wildman–Crippen MR) is 98.6 cm³/mol. The Morgan fingerprint density at radius 2 is 1.85 bits per heavy atom. The molecule has 8 heteroatoms. The number of nitrogens with zero attached hydrogens (tertiary/aromatic N) is 5. The highest BCUT2D eigenvalue weighted by Crippen LogP contribution is 2.16. The Bertz CT molecular complexity index is 1000. The number of aromatic nitrogens is 4. The van der Waals surface area contributed by atoms with Crippen LogP contribution in [0.3, 0.4) is 0 Å². The third-order valence-electron chi connectivity index (χ3n) is 4.64. The van der Waals surface area contributed by atoms with Crippen molar-refractivity contribution in [1.29, 1.82) is 0 Å². The molecule has 0 saturated carbocycles. The lowest BCUT2D eigenvalue weighted by atomic mass is 10.1. The topological polar surface area (TPSA) is 73.0 Å². The van der Waals surface area contributed by atoms with Gasteiger partial charge in [-0.15, -0.1) is 0 Å². The summed E-state index contributed by atoms with van der Waals surface area (Å²) in [7, 11) is 0. The number of halogens is 1. The van der Waals surface area contributed by atoms with Crippen LogP contribution in [-0.2, 0) is 11.3 Å². The van der Waals surface area contributed by atoms with Gasteiger partial charge < -0.3 is 4.90 Å². The quantitative estimate of drug-likeness (QED) is 0.707. The normalized spacial score (nSPS) is 14.7. The SMILES string of the molecule is O=C(Cn1cnc2c(cnn2-c2ccc(Cl)cc2)c1=O)N1CCCCC1. The third kappa shape index (κ3) is 3.10. The van der Waals surface area contributed by atoms with Crippen molar-refractivity contribution in [2.24, 2.45) is 0 Å². The van der Waals surface area contributed by atoms with Crippen LogP contribution in [0.25, 0.3) is 16.7 Å². The Balaban J connectivity index is 1.64. The van der Waals surface area contributed by atoms with E-state index in [1.807, 2.05) is 17.0 Å². The average molecular weight is 372 g/mol. The van der Waals surface area contributed by atoms with Crippen molar-refractivity contribution in [1.82, 2.24) is 24.2 Å². The number of carbonyl (C=O) groups excluding carboxylic acids is 1. The van der Waals surface area contributed by atoms with Gasteiger partial charge in [0.15, 0.2) is 5.65 Å². The summed E-state index contributed by atoms with van der Waals surface area (Å²) < 4.78 is 2.94. The molecule has 3 aromatic rings. The molecule has 1 aliphatic heterocycles. The second kappa shape index (κ2) is 6.92. The molecular weight excluding hydrogens is 354 g/mol. The van der Waals surface area contributed by atoms with Crippen molar-refractivity contribution in [3.05, 3.63) is 52.2 Å². The van der Waals surface area contributed by atoms with Crippen molar-refractivity contribution >= 4 is 28.5 Å². The molecule has 0 bridgehead atoms. The molecule has 0 atom stereocenters. The zero-order valence-corrected chi connectivity index (χ0v) is 14.9. The summed E-state index contributed by atoms with van der Waals surface area (Å²) in [6.07, 6.45) is 6.10. The van der Waals surface area contributed by atoms with Crippen molar-refractivity contribution in [2.45, 2.75) is 25.8 Å². The smallest absolute Gasteiger partial charge is 0.264 e. The second-order valence-corrected chi connectivity index (χ2v) is 6.83. The number of fused-ring (bicyclic) bond motifs is 1. The van der Waals surface area contributed by atoms with Crippen LogP contribution < -0.4 is 5.56 Å². The molecule has 1 aliphatic rings. The van der Waals surface area contributed by atoms with E-state index in [0.717, 1.165) is 38.0 Å². The summed E-state index contributed by atoms with van der Waals surface area (Å²) in [5.41, 5.74) is 0.956. The Labute approximate surface area is 154 Å². The molecule has 1 saturated heterocycles. The summed E-state index contributed by atoms with van der Waals surface area (Å²) in [5.74, 6) is -0.0435. The molecule has 1 amide bonds. The lowest BCUT2D eigenvalue weighted by Crippen LogP contribution is -2.39. The minimum atomic E-state index is -0.263. The molecule has 4 rings (SSSR count). The number of hydrogen-bond donors (Lipinski definition) is 0. The number of amides is 1. The van der Waals surface area contributed by atoms with E-state index in [9.17, 15) is 9.59 Å². The monoisotopic (exact) mass is 371 g/mol. The molecular formula is C18H18ClN5O2. The van der Waals surface area contributed by atoms with Crippen LogP contribution in [-0.4, -0.2) is 43.2 Å². The van der Waals surface area contributed by atoms with E-state index in [1.54, 1.807) is 16.8 Å². The zero-order valence-electron chi connectivity index (χ0n) is 14.1. The fourth-order valence-electron chi connectivity index (χ4n) is 3.22. The molecule has 26 heavy (non-hydrogen) atoms. The van der Waals surface area contributed by atoms with Crippen LogP contribution in [0.1, 0.15) is 19.3 Å². The summed E-state index contributed by atoms with van der Waals surface area (Å²) in [4.78, 5) is 31.3.